The third-order valence-electron chi connectivity index (χ3n) is 4.16. The molecule has 1 aromatic heterocycles. The molecule has 2 rings (SSSR count). The third kappa shape index (κ3) is 4.42. The first-order valence-electron chi connectivity index (χ1n) is 7.72. The Kier molecular flexibility index (Phi) is 4.90. The summed E-state index contributed by atoms with van der Waals surface area (Å²) in [5.41, 5.74) is 1.66. The van der Waals surface area contributed by atoms with Crippen LogP contribution >= 0.6 is 0 Å². The third-order valence-corrected chi connectivity index (χ3v) is 8.52. The first-order chi connectivity index (χ1) is 10.7. The fraction of sp³-hybridized carbons (Fsp3) is 0.333. The summed E-state index contributed by atoms with van der Waals surface area (Å²) in [4.78, 5) is 8.76. The van der Waals surface area contributed by atoms with Crippen molar-refractivity contribution >= 4 is 25.7 Å². The molecule has 4 nitrogen and oxygen atoms in total. The molecule has 0 saturated heterocycles. The van der Waals surface area contributed by atoms with Gasteiger partial charge in [0.1, 0.15) is 11.5 Å². The second-order valence-electron chi connectivity index (χ2n) is 7.04. The number of nitrogens with one attached hydrogen (secondary N) is 1. The Morgan fingerprint density at radius 1 is 1.13 bits per heavy atom. The standard InChI is InChI=1S/C18H25N3OSi/c1-14(22-23(5,6)18(2,3)4)16-12-13-19-17(21-16)20-15-10-8-7-9-11-15/h7-13H,1H2,2-6H3,(H,19,20,21). The quantitative estimate of drug-likeness (QED) is 0.604. The minimum absolute atomic E-state index is 0.119. The Balaban J connectivity index is 2.15. The second-order valence-corrected chi connectivity index (χ2v) is 11.8. The van der Waals surface area contributed by atoms with Gasteiger partial charge in [0.05, 0.1) is 0 Å². The van der Waals surface area contributed by atoms with Crippen LogP contribution in [0.5, 0.6) is 0 Å². The summed E-state index contributed by atoms with van der Waals surface area (Å²) in [7, 11) is -1.92. The highest BCUT2D eigenvalue weighted by atomic mass is 28.4. The molecule has 0 fully saturated rings. The molecule has 0 atom stereocenters. The number of aromatic nitrogens is 2. The van der Waals surface area contributed by atoms with E-state index < -0.39 is 8.32 Å². The van der Waals surface area contributed by atoms with Gasteiger partial charge >= 0.3 is 0 Å². The van der Waals surface area contributed by atoms with Gasteiger partial charge in [-0.1, -0.05) is 45.5 Å². The van der Waals surface area contributed by atoms with Gasteiger partial charge in [-0.25, -0.2) is 9.97 Å². The van der Waals surface area contributed by atoms with Gasteiger partial charge in [0, 0.05) is 11.9 Å². The van der Waals surface area contributed by atoms with E-state index in [-0.39, 0.29) is 5.04 Å². The van der Waals surface area contributed by atoms with Gasteiger partial charge in [0.25, 0.3) is 8.32 Å². The van der Waals surface area contributed by atoms with Crippen molar-refractivity contribution in [3.63, 3.8) is 0 Å². The van der Waals surface area contributed by atoms with Crippen LogP contribution in [0.2, 0.25) is 18.1 Å². The highest BCUT2D eigenvalue weighted by Crippen LogP contribution is 2.38. The molecule has 0 aliphatic carbocycles. The molecule has 0 bridgehead atoms. The van der Waals surface area contributed by atoms with Crippen LogP contribution in [0.1, 0.15) is 26.5 Å². The number of para-hydroxylation sites is 1. The topological polar surface area (TPSA) is 47.0 Å². The Morgan fingerprint density at radius 2 is 1.78 bits per heavy atom. The van der Waals surface area contributed by atoms with E-state index in [2.05, 4.69) is 55.7 Å². The molecule has 0 spiro atoms. The average molecular weight is 328 g/mol. The average Bonchev–Trinajstić information content (AvgIpc) is 2.47. The Bertz CT molecular complexity index is 678. The fourth-order valence-electron chi connectivity index (χ4n) is 1.74. The number of hydrogen-bond acceptors (Lipinski definition) is 4. The molecule has 1 heterocycles. The monoisotopic (exact) mass is 327 g/mol. The van der Waals surface area contributed by atoms with Crippen LogP contribution in [0.3, 0.4) is 0 Å². The number of nitrogens with zero attached hydrogens (tertiary/aromatic N) is 2. The van der Waals surface area contributed by atoms with Crippen molar-refractivity contribution in [2.24, 2.45) is 0 Å². The molecule has 0 aliphatic heterocycles. The van der Waals surface area contributed by atoms with Gasteiger partial charge in [0.15, 0.2) is 0 Å². The summed E-state index contributed by atoms with van der Waals surface area (Å²) >= 11 is 0. The van der Waals surface area contributed by atoms with Gasteiger partial charge < -0.3 is 9.74 Å². The van der Waals surface area contributed by atoms with E-state index in [0.29, 0.717) is 17.4 Å². The van der Waals surface area contributed by atoms with Crippen LogP contribution in [0.4, 0.5) is 11.6 Å². The van der Waals surface area contributed by atoms with Crippen molar-refractivity contribution in [3.8, 4) is 0 Å². The first kappa shape index (κ1) is 17.2. The smallest absolute Gasteiger partial charge is 0.250 e. The van der Waals surface area contributed by atoms with Crippen LogP contribution < -0.4 is 5.32 Å². The summed E-state index contributed by atoms with van der Waals surface area (Å²) in [6.45, 7) is 15.1. The molecular formula is C18H25N3OSi. The van der Waals surface area contributed by atoms with Gasteiger partial charge in [-0.3, -0.25) is 0 Å². The minimum Gasteiger partial charge on any atom is -0.542 e. The molecule has 0 saturated carbocycles. The van der Waals surface area contributed by atoms with E-state index in [0.717, 1.165) is 5.69 Å². The van der Waals surface area contributed by atoms with Crippen molar-refractivity contribution in [1.82, 2.24) is 9.97 Å². The van der Waals surface area contributed by atoms with E-state index >= 15 is 0 Å². The van der Waals surface area contributed by atoms with E-state index in [4.69, 9.17) is 4.43 Å². The maximum Gasteiger partial charge on any atom is 0.250 e. The summed E-state index contributed by atoms with van der Waals surface area (Å²) in [5, 5.41) is 3.30. The zero-order chi connectivity index (χ0) is 17.1. The molecule has 2 aromatic rings. The molecule has 5 heteroatoms. The first-order valence-corrected chi connectivity index (χ1v) is 10.6. The SMILES string of the molecule is C=C(O[Si](C)(C)C(C)(C)C)c1ccnc(Nc2ccccc2)n1. The fourth-order valence-corrected chi connectivity index (χ4v) is 2.76. The lowest BCUT2D eigenvalue weighted by Crippen LogP contribution is -2.40. The summed E-state index contributed by atoms with van der Waals surface area (Å²) in [6.07, 6.45) is 1.72. The van der Waals surface area contributed by atoms with Crippen LogP contribution in [-0.4, -0.2) is 18.3 Å². The molecule has 1 N–H and O–H groups in total. The zero-order valence-electron chi connectivity index (χ0n) is 14.6. The number of benzene rings is 1. The van der Waals surface area contributed by atoms with E-state index in [1.54, 1.807) is 6.20 Å². The molecular weight excluding hydrogens is 302 g/mol. The number of anilines is 2. The summed E-state index contributed by atoms with van der Waals surface area (Å²) < 4.78 is 6.22. The van der Waals surface area contributed by atoms with Crippen LogP contribution in [-0.2, 0) is 4.43 Å². The van der Waals surface area contributed by atoms with Gasteiger partial charge in [0.2, 0.25) is 5.95 Å². The number of hydrogen-bond donors (Lipinski definition) is 1. The van der Waals surface area contributed by atoms with Crippen LogP contribution in [0.25, 0.3) is 5.76 Å². The van der Waals surface area contributed by atoms with Crippen molar-refractivity contribution in [2.45, 2.75) is 38.9 Å². The van der Waals surface area contributed by atoms with Gasteiger partial charge in [-0.15, -0.1) is 0 Å². The number of rotatable bonds is 5. The Hall–Kier alpha value is -2.14. The molecule has 0 amide bonds. The van der Waals surface area contributed by atoms with Gasteiger partial charge in [-0.05, 0) is 36.3 Å². The Labute approximate surface area is 139 Å². The molecule has 1 aromatic carbocycles. The predicted molar refractivity (Wildman–Crippen MR) is 99.1 cm³/mol. The minimum atomic E-state index is -1.92. The molecule has 122 valence electrons. The van der Waals surface area contributed by atoms with E-state index in [1.807, 2.05) is 36.4 Å². The van der Waals surface area contributed by atoms with Crippen molar-refractivity contribution < 1.29 is 4.43 Å². The predicted octanol–water partition coefficient (Wildman–Crippen LogP) is 5.21. The summed E-state index contributed by atoms with van der Waals surface area (Å²) in [6, 6.07) is 11.7. The van der Waals surface area contributed by atoms with Crippen molar-refractivity contribution in [3.05, 3.63) is 54.9 Å². The lowest BCUT2D eigenvalue weighted by atomic mass is 10.2. The Morgan fingerprint density at radius 3 is 2.39 bits per heavy atom. The van der Waals surface area contributed by atoms with Crippen LogP contribution in [0.15, 0.2) is 49.2 Å². The van der Waals surface area contributed by atoms with Crippen molar-refractivity contribution in [2.75, 3.05) is 5.32 Å². The second kappa shape index (κ2) is 6.54. The normalized spacial score (nSPS) is 11.9. The van der Waals surface area contributed by atoms with E-state index in [9.17, 15) is 0 Å². The van der Waals surface area contributed by atoms with E-state index in [1.165, 1.54) is 0 Å². The maximum absolute atomic E-state index is 6.22. The molecule has 0 aliphatic rings. The highest BCUT2D eigenvalue weighted by molar-refractivity contribution is 6.74. The largest absolute Gasteiger partial charge is 0.542 e. The van der Waals surface area contributed by atoms with Gasteiger partial charge in [-0.2, -0.15) is 0 Å². The van der Waals surface area contributed by atoms with Crippen LogP contribution in [0, 0.1) is 0 Å². The maximum atomic E-state index is 6.22. The molecule has 0 unspecified atom stereocenters. The molecule has 0 radical (unpaired) electrons. The van der Waals surface area contributed by atoms with Crippen molar-refractivity contribution in [1.29, 1.82) is 0 Å². The highest BCUT2D eigenvalue weighted by Gasteiger charge is 2.39. The lowest BCUT2D eigenvalue weighted by molar-refractivity contribution is 0.457. The zero-order valence-corrected chi connectivity index (χ0v) is 15.6. The summed E-state index contributed by atoms with van der Waals surface area (Å²) in [5.74, 6) is 1.14. The molecule has 23 heavy (non-hydrogen) atoms. The lowest BCUT2D eigenvalue weighted by Gasteiger charge is -2.36.